The highest BCUT2D eigenvalue weighted by Gasteiger charge is 2.22. The topological polar surface area (TPSA) is 98.5 Å². The van der Waals surface area contributed by atoms with Gasteiger partial charge in [-0.05, 0) is 37.3 Å². The third-order valence-corrected chi connectivity index (χ3v) is 6.33. The van der Waals surface area contributed by atoms with Crippen LogP contribution in [0.4, 0.5) is 15.8 Å². The minimum absolute atomic E-state index is 0.0279. The summed E-state index contributed by atoms with van der Waals surface area (Å²) < 4.78 is 47.0. The Hall–Kier alpha value is -2.59. The van der Waals surface area contributed by atoms with Gasteiger partial charge in [0.05, 0.1) is 30.6 Å². The number of hydrogen-bond acceptors (Lipinski definition) is 5. The summed E-state index contributed by atoms with van der Waals surface area (Å²) in [6.07, 6.45) is 0. The molecule has 0 aliphatic rings. The number of nitrogens with one attached hydrogen (secondary N) is 1. The Balaban J connectivity index is 1.93. The third kappa shape index (κ3) is 5.01. The highest BCUT2D eigenvalue weighted by molar-refractivity contribution is 7.92. The normalized spacial score (nSPS) is 11.3. The first kappa shape index (κ1) is 23.1. The lowest BCUT2D eigenvalue weighted by Crippen LogP contribution is -2.14. The predicted molar refractivity (Wildman–Crippen MR) is 117 cm³/mol. The van der Waals surface area contributed by atoms with Crippen molar-refractivity contribution in [1.29, 1.82) is 0 Å². The van der Waals surface area contributed by atoms with E-state index in [2.05, 4.69) is 4.72 Å². The summed E-state index contributed by atoms with van der Waals surface area (Å²) in [7, 11) is -4.15. The Bertz CT molecular complexity index is 1280. The van der Waals surface area contributed by atoms with Crippen molar-refractivity contribution in [2.24, 2.45) is 0 Å². The van der Waals surface area contributed by atoms with E-state index in [4.69, 9.17) is 39.5 Å². The third-order valence-electron chi connectivity index (χ3n) is 4.13. The van der Waals surface area contributed by atoms with Gasteiger partial charge < -0.3 is 4.74 Å². The molecule has 0 unspecified atom stereocenters. The molecule has 0 heterocycles. The van der Waals surface area contributed by atoms with E-state index in [1.54, 1.807) is 0 Å². The molecular weight excluding hydrogens is 494 g/mol. The number of nitro benzene ring substituents is 1. The fourth-order valence-corrected chi connectivity index (χ4v) is 4.59. The second-order valence-electron chi connectivity index (χ2n) is 6.21. The summed E-state index contributed by atoms with van der Waals surface area (Å²) in [5.41, 5.74) is -0.0593. The van der Waals surface area contributed by atoms with Crippen LogP contribution in [0.15, 0.2) is 53.4 Å². The lowest BCUT2D eigenvalue weighted by molar-refractivity contribution is -0.384. The van der Waals surface area contributed by atoms with Crippen molar-refractivity contribution in [3.63, 3.8) is 0 Å². The first-order valence-electron chi connectivity index (χ1n) is 8.38. The zero-order chi connectivity index (χ0) is 22.9. The van der Waals surface area contributed by atoms with Crippen LogP contribution in [0.25, 0.3) is 0 Å². The van der Waals surface area contributed by atoms with E-state index in [0.717, 1.165) is 18.2 Å². The zero-order valence-corrected chi connectivity index (χ0v) is 18.6. The molecular formula is C19H12Cl3FN2O5S. The van der Waals surface area contributed by atoms with Crippen molar-refractivity contribution in [2.45, 2.75) is 11.8 Å². The highest BCUT2D eigenvalue weighted by atomic mass is 35.5. The number of nitro groups is 1. The Kier molecular flexibility index (Phi) is 6.61. The highest BCUT2D eigenvalue weighted by Crippen LogP contribution is 2.41. The summed E-state index contributed by atoms with van der Waals surface area (Å²) in [5.74, 6) is -0.639. The SMILES string of the molecule is Cc1c(F)cccc1NS(=O)(=O)c1cc(Cl)c(Oc2ccc([N+](=O)[O-])cc2Cl)c(Cl)c1. The average molecular weight is 506 g/mol. The summed E-state index contributed by atoms with van der Waals surface area (Å²) >= 11 is 18.3. The number of hydrogen-bond donors (Lipinski definition) is 1. The second-order valence-corrected chi connectivity index (χ2v) is 9.11. The van der Waals surface area contributed by atoms with Crippen LogP contribution in [0.5, 0.6) is 11.5 Å². The number of nitrogens with zero attached hydrogens (tertiary/aromatic N) is 1. The molecule has 0 aromatic heterocycles. The molecule has 0 bridgehead atoms. The number of anilines is 1. The first-order valence-corrected chi connectivity index (χ1v) is 11.0. The van der Waals surface area contributed by atoms with Gasteiger partial charge in [0.25, 0.3) is 15.7 Å². The molecule has 0 amide bonds. The molecule has 3 aromatic rings. The summed E-state index contributed by atoms with van der Waals surface area (Å²) in [5, 5.41) is 10.4. The summed E-state index contributed by atoms with van der Waals surface area (Å²) in [6.45, 7) is 1.43. The van der Waals surface area contributed by atoms with Crippen LogP contribution >= 0.6 is 34.8 Å². The van der Waals surface area contributed by atoms with E-state index >= 15 is 0 Å². The van der Waals surface area contributed by atoms with Gasteiger partial charge in [-0.2, -0.15) is 0 Å². The Morgan fingerprint density at radius 3 is 2.26 bits per heavy atom. The maximum Gasteiger partial charge on any atom is 0.271 e. The van der Waals surface area contributed by atoms with Gasteiger partial charge in [0.1, 0.15) is 11.6 Å². The van der Waals surface area contributed by atoms with Crippen LogP contribution in [0.2, 0.25) is 15.1 Å². The van der Waals surface area contributed by atoms with Gasteiger partial charge in [-0.15, -0.1) is 0 Å². The van der Waals surface area contributed by atoms with Crippen LogP contribution in [-0.2, 0) is 10.0 Å². The van der Waals surface area contributed by atoms with Crippen molar-refractivity contribution in [1.82, 2.24) is 0 Å². The van der Waals surface area contributed by atoms with Crippen LogP contribution in [0.1, 0.15) is 5.56 Å². The minimum atomic E-state index is -4.15. The van der Waals surface area contributed by atoms with E-state index < -0.39 is 20.8 Å². The predicted octanol–water partition coefficient (Wildman–Crippen LogP) is 6.60. The van der Waals surface area contributed by atoms with Crippen molar-refractivity contribution in [3.05, 3.63) is 85.1 Å². The van der Waals surface area contributed by atoms with E-state index in [-0.39, 0.29) is 48.4 Å². The average Bonchev–Trinajstić information content (AvgIpc) is 2.68. The Morgan fingerprint density at radius 2 is 1.68 bits per heavy atom. The van der Waals surface area contributed by atoms with Gasteiger partial charge in [-0.3, -0.25) is 14.8 Å². The van der Waals surface area contributed by atoms with Crippen LogP contribution in [-0.4, -0.2) is 13.3 Å². The number of halogens is 4. The number of sulfonamides is 1. The Morgan fingerprint density at radius 1 is 1.03 bits per heavy atom. The van der Waals surface area contributed by atoms with Gasteiger partial charge >= 0.3 is 0 Å². The lowest BCUT2D eigenvalue weighted by Gasteiger charge is -2.14. The standard InChI is InChI=1S/C19H12Cl3FN2O5S/c1-10-16(23)3-2-4-17(10)24-31(28,29)12-8-14(21)19(15(22)9-12)30-18-6-5-11(25(26)27)7-13(18)20/h2-9,24H,1H3. The summed E-state index contributed by atoms with van der Waals surface area (Å²) in [6, 6.07) is 9.69. The minimum Gasteiger partial charge on any atom is -0.453 e. The van der Waals surface area contributed by atoms with Crippen LogP contribution < -0.4 is 9.46 Å². The molecule has 0 radical (unpaired) electrons. The fraction of sp³-hybridized carbons (Fsp3) is 0.0526. The lowest BCUT2D eigenvalue weighted by atomic mass is 10.2. The van der Waals surface area contributed by atoms with Crippen LogP contribution in [0.3, 0.4) is 0 Å². The molecule has 0 saturated heterocycles. The quantitative estimate of drug-likeness (QED) is 0.301. The molecule has 0 aliphatic carbocycles. The van der Waals surface area contributed by atoms with E-state index in [1.165, 1.54) is 37.3 Å². The molecule has 0 aliphatic heterocycles. The molecule has 0 saturated carbocycles. The molecule has 12 heteroatoms. The van der Waals surface area contributed by atoms with Gasteiger partial charge in [-0.1, -0.05) is 40.9 Å². The smallest absolute Gasteiger partial charge is 0.271 e. The van der Waals surface area contributed by atoms with E-state index in [1.807, 2.05) is 0 Å². The van der Waals surface area contributed by atoms with Crippen molar-refractivity contribution < 1.29 is 22.5 Å². The van der Waals surface area contributed by atoms with Gasteiger partial charge in [-0.25, -0.2) is 12.8 Å². The monoisotopic (exact) mass is 504 g/mol. The van der Waals surface area contributed by atoms with E-state index in [0.29, 0.717) is 0 Å². The molecule has 3 rings (SSSR count). The van der Waals surface area contributed by atoms with Gasteiger partial charge in [0.2, 0.25) is 0 Å². The van der Waals surface area contributed by atoms with Gasteiger partial charge in [0.15, 0.2) is 5.75 Å². The number of rotatable bonds is 6. The molecule has 31 heavy (non-hydrogen) atoms. The molecule has 0 spiro atoms. The molecule has 3 aromatic carbocycles. The fourth-order valence-electron chi connectivity index (χ4n) is 2.51. The van der Waals surface area contributed by atoms with E-state index in [9.17, 15) is 22.9 Å². The number of ether oxygens (including phenoxy) is 1. The Labute approximate surface area is 191 Å². The first-order chi connectivity index (χ1) is 14.5. The maximum atomic E-state index is 13.7. The molecule has 0 fully saturated rings. The number of benzene rings is 3. The molecule has 162 valence electrons. The molecule has 0 atom stereocenters. The van der Waals surface area contributed by atoms with Crippen molar-refractivity contribution in [2.75, 3.05) is 4.72 Å². The summed E-state index contributed by atoms with van der Waals surface area (Å²) in [4.78, 5) is 9.91. The van der Waals surface area contributed by atoms with Crippen molar-refractivity contribution in [3.8, 4) is 11.5 Å². The van der Waals surface area contributed by atoms with Crippen LogP contribution in [0, 0.1) is 22.9 Å². The van der Waals surface area contributed by atoms with Crippen molar-refractivity contribution >= 4 is 56.2 Å². The zero-order valence-electron chi connectivity index (χ0n) is 15.5. The second kappa shape index (κ2) is 8.88. The van der Waals surface area contributed by atoms with Gasteiger partial charge in [0, 0.05) is 17.7 Å². The largest absolute Gasteiger partial charge is 0.453 e. The number of non-ortho nitro benzene ring substituents is 1. The maximum absolute atomic E-state index is 13.7. The molecule has 1 N–H and O–H groups in total. The molecule has 7 nitrogen and oxygen atoms in total.